The van der Waals surface area contributed by atoms with Crippen LogP contribution in [0.15, 0.2) is 54.9 Å². The van der Waals surface area contributed by atoms with Gasteiger partial charge in [-0.25, -0.2) is 18.1 Å². The van der Waals surface area contributed by atoms with Gasteiger partial charge in [-0.05, 0) is 24.6 Å². The van der Waals surface area contributed by atoms with Crippen LogP contribution < -0.4 is 9.62 Å². The number of hydrogen-bond donors (Lipinski definition) is 1. The van der Waals surface area contributed by atoms with E-state index < -0.39 is 15.9 Å². The van der Waals surface area contributed by atoms with Gasteiger partial charge in [-0.3, -0.25) is 9.78 Å². The summed E-state index contributed by atoms with van der Waals surface area (Å²) in [7, 11) is -3.66. The predicted octanol–water partition coefficient (Wildman–Crippen LogP) is 2.87. The van der Waals surface area contributed by atoms with Crippen molar-refractivity contribution in [3.05, 3.63) is 71.0 Å². The number of benzene rings is 1. The molecule has 1 amide bonds. The first-order valence-electron chi connectivity index (χ1n) is 8.04. The quantitative estimate of drug-likeness (QED) is 0.682. The third kappa shape index (κ3) is 4.89. The van der Waals surface area contributed by atoms with Crippen LogP contribution in [0, 0.1) is 6.92 Å². The lowest BCUT2D eigenvalue weighted by molar-refractivity contribution is 0.0977. The molecule has 1 N–H and O–H groups in total. The Morgan fingerprint density at radius 1 is 1.19 bits per heavy atom. The topological polar surface area (TPSA) is 92.3 Å². The van der Waals surface area contributed by atoms with Crippen LogP contribution in [0.1, 0.15) is 20.9 Å². The summed E-state index contributed by atoms with van der Waals surface area (Å²) in [4.78, 5) is 23.4. The fourth-order valence-corrected chi connectivity index (χ4v) is 3.83. The van der Waals surface area contributed by atoms with E-state index in [0.717, 1.165) is 17.5 Å². The van der Waals surface area contributed by atoms with Gasteiger partial charge in [-0.15, -0.1) is 11.3 Å². The van der Waals surface area contributed by atoms with E-state index in [1.165, 1.54) is 11.3 Å². The van der Waals surface area contributed by atoms with Crippen molar-refractivity contribution < 1.29 is 13.2 Å². The number of pyridine rings is 1. The van der Waals surface area contributed by atoms with Gasteiger partial charge in [0, 0.05) is 11.1 Å². The smallest absolute Gasteiger partial charge is 0.284 e. The number of aromatic nitrogens is 2. The van der Waals surface area contributed by atoms with Gasteiger partial charge in [-0.2, -0.15) is 0 Å². The lowest BCUT2D eigenvalue weighted by Gasteiger charge is -2.21. The van der Waals surface area contributed by atoms with E-state index in [1.807, 2.05) is 52.1 Å². The van der Waals surface area contributed by atoms with Crippen LogP contribution in [0.4, 0.5) is 10.8 Å². The zero-order valence-electron chi connectivity index (χ0n) is 14.8. The lowest BCUT2D eigenvalue weighted by atomic mass is 10.2. The summed E-state index contributed by atoms with van der Waals surface area (Å²) in [5.74, 6) is -0.733. The first-order valence-corrected chi connectivity index (χ1v) is 10.8. The van der Waals surface area contributed by atoms with Crippen molar-refractivity contribution in [3.63, 3.8) is 0 Å². The fraction of sp³-hybridized carbons (Fsp3) is 0.167. The second kappa shape index (κ2) is 7.85. The van der Waals surface area contributed by atoms with Gasteiger partial charge >= 0.3 is 0 Å². The summed E-state index contributed by atoms with van der Waals surface area (Å²) in [5.41, 5.74) is 1.99. The molecule has 0 aliphatic rings. The molecule has 27 heavy (non-hydrogen) atoms. The number of sulfonamides is 1. The minimum absolute atomic E-state index is 0.0994. The van der Waals surface area contributed by atoms with Gasteiger partial charge in [0.05, 0.1) is 24.7 Å². The molecular weight excluding hydrogens is 384 g/mol. The maximum absolute atomic E-state index is 12.2. The number of nitrogens with one attached hydrogen (secondary N) is 1. The van der Waals surface area contributed by atoms with E-state index in [2.05, 4.69) is 9.97 Å². The summed E-state index contributed by atoms with van der Waals surface area (Å²) in [6.07, 6.45) is 4.34. The molecule has 140 valence electrons. The molecule has 0 atom stereocenters. The third-order valence-corrected chi connectivity index (χ3v) is 5.20. The number of thiazole rings is 1. The first-order chi connectivity index (χ1) is 12.8. The van der Waals surface area contributed by atoms with E-state index in [4.69, 9.17) is 0 Å². The molecule has 1 aromatic carbocycles. The van der Waals surface area contributed by atoms with E-state index in [-0.39, 0.29) is 5.69 Å². The zero-order chi connectivity index (χ0) is 19.4. The highest BCUT2D eigenvalue weighted by Crippen LogP contribution is 2.32. The molecular formula is C18H18N4O3S2. The Morgan fingerprint density at radius 3 is 2.56 bits per heavy atom. The molecule has 0 unspecified atom stereocenters. The zero-order valence-corrected chi connectivity index (χ0v) is 16.4. The first kappa shape index (κ1) is 19.0. The third-order valence-electron chi connectivity index (χ3n) is 3.65. The average molecular weight is 403 g/mol. The molecule has 0 aliphatic heterocycles. The highest BCUT2D eigenvalue weighted by Gasteiger charge is 2.22. The van der Waals surface area contributed by atoms with Crippen molar-refractivity contribution >= 4 is 38.1 Å². The highest BCUT2D eigenvalue weighted by molar-refractivity contribution is 7.89. The maximum Gasteiger partial charge on any atom is 0.284 e. The van der Waals surface area contributed by atoms with Gasteiger partial charge in [0.15, 0.2) is 5.13 Å². The average Bonchev–Trinajstić information content (AvgIpc) is 3.01. The molecule has 3 rings (SSSR count). The Labute approximate surface area is 161 Å². The molecule has 0 radical (unpaired) electrons. The number of amides is 1. The molecule has 9 heteroatoms. The van der Waals surface area contributed by atoms with E-state index in [9.17, 15) is 13.2 Å². The van der Waals surface area contributed by atoms with Crippen LogP contribution in [0.5, 0.6) is 0 Å². The van der Waals surface area contributed by atoms with Crippen molar-refractivity contribution in [1.82, 2.24) is 14.7 Å². The van der Waals surface area contributed by atoms with Crippen molar-refractivity contribution in [2.45, 2.75) is 13.5 Å². The Balaban J connectivity index is 1.98. The highest BCUT2D eigenvalue weighted by atomic mass is 32.2. The summed E-state index contributed by atoms with van der Waals surface area (Å²) in [6, 6.07) is 13.6. The summed E-state index contributed by atoms with van der Waals surface area (Å²) >= 11 is 1.32. The Hall–Kier alpha value is -2.78. The number of aryl methyl sites for hydroxylation is 1. The van der Waals surface area contributed by atoms with Gasteiger partial charge in [0.2, 0.25) is 10.0 Å². The molecule has 0 bridgehead atoms. The Bertz CT molecular complexity index is 1030. The Morgan fingerprint density at radius 2 is 1.93 bits per heavy atom. The second-order valence-corrected chi connectivity index (χ2v) is 8.82. The molecule has 0 aliphatic carbocycles. The van der Waals surface area contributed by atoms with Crippen molar-refractivity contribution in [2.24, 2.45) is 0 Å². The molecule has 0 saturated carbocycles. The number of carbonyl (C=O) groups excluding carboxylic acids is 1. The standard InChI is InChI=1S/C18H18N4O3S2/c1-13-16(17(23)21-27(2,24)25)20-18(26-13)22(15-9-6-10-19-11-15)12-14-7-4-3-5-8-14/h3-11H,12H2,1-2H3,(H,21,23). The maximum atomic E-state index is 12.2. The molecule has 2 heterocycles. The van der Waals surface area contributed by atoms with Crippen molar-refractivity contribution in [3.8, 4) is 0 Å². The number of hydrogen-bond acceptors (Lipinski definition) is 7. The van der Waals surface area contributed by atoms with Crippen LogP contribution in [-0.2, 0) is 16.6 Å². The number of carbonyl (C=O) groups is 1. The van der Waals surface area contributed by atoms with Gasteiger partial charge in [0.1, 0.15) is 5.69 Å². The molecule has 0 fully saturated rings. The van der Waals surface area contributed by atoms with E-state index in [1.54, 1.807) is 19.3 Å². The monoisotopic (exact) mass is 402 g/mol. The van der Waals surface area contributed by atoms with Crippen molar-refractivity contribution in [2.75, 3.05) is 11.2 Å². The van der Waals surface area contributed by atoms with Crippen LogP contribution in [0.3, 0.4) is 0 Å². The van der Waals surface area contributed by atoms with Crippen molar-refractivity contribution in [1.29, 1.82) is 0 Å². The fourth-order valence-electron chi connectivity index (χ4n) is 2.47. The van der Waals surface area contributed by atoms with Crippen LogP contribution in [-0.4, -0.2) is 30.5 Å². The summed E-state index contributed by atoms with van der Waals surface area (Å²) in [5, 5.41) is 0.586. The minimum Gasteiger partial charge on any atom is -0.312 e. The van der Waals surface area contributed by atoms with Gasteiger partial charge < -0.3 is 4.90 Å². The number of rotatable bonds is 6. The molecule has 0 saturated heterocycles. The lowest BCUT2D eigenvalue weighted by Crippen LogP contribution is -2.30. The van der Waals surface area contributed by atoms with Crippen LogP contribution >= 0.6 is 11.3 Å². The van der Waals surface area contributed by atoms with Gasteiger partial charge in [0.25, 0.3) is 5.91 Å². The summed E-state index contributed by atoms with van der Waals surface area (Å²) in [6.45, 7) is 2.27. The largest absolute Gasteiger partial charge is 0.312 e. The minimum atomic E-state index is -3.66. The van der Waals surface area contributed by atoms with E-state index in [0.29, 0.717) is 16.6 Å². The second-order valence-electron chi connectivity index (χ2n) is 5.89. The molecule has 2 aromatic heterocycles. The summed E-state index contributed by atoms with van der Waals surface area (Å²) < 4.78 is 24.7. The van der Waals surface area contributed by atoms with Crippen LogP contribution in [0.25, 0.3) is 0 Å². The SMILES string of the molecule is Cc1sc(N(Cc2ccccc2)c2cccnc2)nc1C(=O)NS(C)(=O)=O. The predicted molar refractivity (Wildman–Crippen MR) is 106 cm³/mol. The molecule has 7 nitrogen and oxygen atoms in total. The normalized spacial score (nSPS) is 11.2. The number of nitrogens with zero attached hydrogens (tertiary/aromatic N) is 3. The Kier molecular flexibility index (Phi) is 5.52. The molecule has 3 aromatic rings. The molecule has 0 spiro atoms. The van der Waals surface area contributed by atoms with Gasteiger partial charge in [-0.1, -0.05) is 30.3 Å². The van der Waals surface area contributed by atoms with Crippen LogP contribution in [0.2, 0.25) is 0 Å². The van der Waals surface area contributed by atoms with E-state index >= 15 is 0 Å². The number of anilines is 2.